The van der Waals surface area contributed by atoms with Gasteiger partial charge in [-0.3, -0.25) is 4.79 Å². The standard InChI is InChI=1S/C15H10O3S3/c16-8-9-3-4-11(20-9)15-13-12(17-5-6-18-13)14(21-15)10-2-1-7-19-10/h1-4,7-8H,5-6H2. The van der Waals surface area contributed by atoms with Crippen LogP contribution in [0.5, 0.6) is 11.5 Å². The molecule has 4 heterocycles. The summed E-state index contributed by atoms with van der Waals surface area (Å²) in [6, 6.07) is 7.93. The third-order valence-electron chi connectivity index (χ3n) is 3.11. The van der Waals surface area contributed by atoms with Crippen LogP contribution in [-0.4, -0.2) is 19.5 Å². The molecule has 0 saturated carbocycles. The van der Waals surface area contributed by atoms with Gasteiger partial charge < -0.3 is 9.47 Å². The smallest absolute Gasteiger partial charge is 0.181 e. The SMILES string of the molecule is O=Cc1ccc(-c2sc(-c3cccs3)c3c2OCCO3)s1. The van der Waals surface area contributed by atoms with Gasteiger partial charge in [0.1, 0.15) is 13.2 Å². The molecule has 0 N–H and O–H groups in total. The van der Waals surface area contributed by atoms with Gasteiger partial charge >= 0.3 is 0 Å². The first-order valence-corrected chi connectivity index (χ1v) is 8.89. The summed E-state index contributed by atoms with van der Waals surface area (Å²) in [6.45, 7) is 1.14. The molecular weight excluding hydrogens is 324 g/mol. The second-order valence-corrected chi connectivity index (χ2v) is 7.50. The summed E-state index contributed by atoms with van der Waals surface area (Å²) in [5.41, 5.74) is 0. The van der Waals surface area contributed by atoms with E-state index < -0.39 is 0 Å². The summed E-state index contributed by atoms with van der Waals surface area (Å²) in [4.78, 5) is 16.0. The summed E-state index contributed by atoms with van der Waals surface area (Å²) in [5, 5.41) is 2.06. The lowest BCUT2D eigenvalue weighted by Crippen LogP contribution is -2.14. The zero-order valence-electron chi connectivity index (χ0n) is 10.8. The van der Waals surface area contributed by atoms with Crippen molar-refractivity contribution in [3.05, 3.63) is 34.5 Å². The number of fused-ring (bicyclic) bond motifs is 1. The lowest BCUT2D eigenvalue weighted by Gasteiger charge is -2.16. The highest BCUT2D eigenvalue weighted by Crippen LogP contribution is 2.55. The highest BCUT2D eigenvalue weighted by atomic mass is 32.1. The Balaban J connectivity index is 1.89. The van der Waals surface area contributed by atoms with Crippen molar-refractivity contribution >= 4 is 40.3 Å². The van der Waals surface area contributed by atoms with Crippen molar-refractivity contribution in [1.82, 2.24) is 0 Å². The van der Waals surface area contributed by atoms with Gasteiger partial charge in [0.2, 0.25) is 0 Å². The van der Waals surface area contributed by atoms with Crippen LogP contribution in [0.1, 0.15) is 9.67 Å². The molecule has 21 heavy (non-hydrogen) atoms. The van der Waals surface area contributed by atoms with Crippen LogP contribution in [0.2, 0.25) is 0 Å². The summed E-state index contributed by atoms with van der Waals surface area (Å²) in [5.74, 6) is 1.65. The van der Waals surface area contributed by atoms with E-state index in [0.29, 0.717) is 13.2 Å². The van der Waals surface area contributed by atoms with Crippen LogP contribution in [0.3, 0.4) is 0 Å². The van der Waals surface area contributed by atoms with Crippen LogP contribution in [-0.2, 0) is 0 Å². The molecule has 6 heteroatoms. The monoisotopic (exact) mass is 334 g/mol. The molecule has 0 radical (unpaired) electrons. The summed E-state index contributed by atoms with van der Waals surface area (Å²) in [6.07, 6.45) is 0.881. The maximum atomic E-state index is 10.9. The van der Waals surface area contributed by atoms with Gasteiger partial charge in [-0.1, -0.05) is 6.07 Å². The van der Waals surface area contributed by atoms with E-state index in [9.17, 15) is 4.79 Å². The van der Waals surface area contributed by atoms with Crippen molar-refractivity contribution in [3.63, 3.8) is 0 Å². The van der Waals surface area contributed by atoms with Gasteiger partial charge in [0, 0.05) is 9.75 Å². The first-order chi connectivity index (χ1) is 10.4. The fourth-order valence-corrected chi connectivity index (χ4v) is 5.19. The normalized spacial score (nSPS) is 13.3. The first kappa shape index (κ1) is 13.1. The highest BCUT2D eigenvalue weighted by molar-refractivity contribution is 7.27. The largest absolute Gasteiger partial charge is 0.485 e. The molecule has 0 amide bonds. The Morgan fingerprint density at radius 2 is 1.71 bits per heavy atom. The number of thiophene rings is 3. The van der Waals surface area contributed by atoms with Gasteiger partial charge in [-0.25, -0.2) is 0 Å². The Labute approximate surface area is 133 Å². The van der Waals surface area contributed by atoms with Gasteiger partial charge in [-0.15, -0.1) is 34.0 Å². The van der Waals surface area contributed by atoms with Crippen LogP contribution in [0.25, 0.3) is 19.5 Å². The van der Waals surface area contributed by atoms with Gasteiger partial charge in [-0.2, -0.15) is 0 Å². The quantitative estimate of drug-likeness (QED) is 0.646. The van der Waals surface area contributed by atoms with E-state index in [4.69, 9.17) is 9.47 Å². The Morgan fingerprint density at radius 3 is 2.33 bits per heavy atom. The molecule has 0 bridgehead atoms. The molecule has 0 fully saturated rings. The Kier molecular flexibility index (Phi) is 3.29. The number of hydrogen-bond acceptors (Lipinski definition) is 6. The third kappa shape index (κ3) is 2.19. The summed E-state index contributed by atoms with van der Waals surface area (Å²) in [7, 11) is 0. The molecule has 1 aliphatic heterocycles. The third-order valence-corrected chi connectivity index (χ3v) is 6.50. The molecule has 0 aromatic carbocycles. The van der Waals surface area contributed by atoms with Crippen LogP contribution >= 0.6 is 34.0 Å². The van der Waals surface area contributed by atoms with E-state index in [1.54, 1.807) is 22.7 Å². The first-order valence-electron chi connectivity index (χ1n) is 6.38. The number of rotatable bonds is 3. The molecule has 0 atom stereocenters. The van der Waals surface area contributed by atoms with Gasteiger partial charge in [-0.05, 0) is 23.6 Å². The molecule has 3 aromatic rings. The predicted octanol–water partition coefficient (Wildman–Crippen LogP) is 4.79. The lowest BCUT2D eigenvalue weighted by atomic mass is 10.3. The molecule has 0 saturated heterocycles. The number of carbonyl (C=O) groups is 1. The molecule has 106 valence electrons. The molecule has 3 nitrogen and oxygen atoms in total. The molecule has 3 aromatic heterocycles. The second-order valence-electron chi connectivity index (χ2n) is 4.41. The van der Waals surface area contributed by atoms with Crippen molar-refractivity contribution in [3.8, 4) is 31.0 Å². The van der Waals surface area contributed by atoms with E-state index >= 15 is 0 Å². The minimum absolute atomic E-state index is 0.562. The molecule has 1 aliphatic rings. The number of carbonyl (C=O) groups excluding carboxylic acids is 1. The fraction of sp³-hybridized carbons (Fsp3) is 0.133. The van der Waals surface area contributed by atoms with E-state index in [1.807, 2.05) is 18.2 Å². The topological polar surface area (TPSA) is 35.5 Å². The Morgan fingerprint density at radius 1 is 0.952 bits per heavy atom. The second kappa shape index (κ2) is 5.29. The van der Waals surface area contributed by atoms with Gasteiger partial charge in [0.15, 0.2) is 17.8 Å². The predicted molar refractivity (Wildman–Crippen MR) is 87.3 cm³/mol. The minimum atomic E-state index is 0.562. The van der Waals surface area contributed by atoms with E-state index in [-0.39, 0.29) is 0 Å². The van der Waals surface area contributed by atoms with E-state index in [2.05, 4.69) is 11.4 Å². The number of aldehydes is 1. The molecule has 0 spiro atoms. The maximum Gasteiger partial charge on any atom is 0.181 e. The summed E-state index contributed by atoms with van der Waals surface area (Å²) < 4.78 is 11.7. The zero-order valence-corrected chi connectivity index (χ0v) is 13.3. The molecule has 4 rings (SSSR count). The summed E-state index contributed by atoms with van der Waals surface area (Å²) >= 11 is 4.83. The Bertz CT molecular complexity index is 783. The zero-order chi connectivity index (χ0) is 14.2. The highest BCUT2D eigenvalue weighted by Gasteiger charge is 2.27. The van der Waals surface area contributed by atoms with Crippen molar-refractivity contribution in [2.24, 2.45) is 0 Å². The fourth-order valence-electron chi connectivity index (χ4n) is 2.22. The molecule has 0 unspecified atom stereocenters. The lowest BCUT2D eigenvalue weighted by molar-refractivity contribution is 0.112. The number of hydrogen-bond donors (Lipinski definition) is 0. The van der Waals surface area contributed by atoms with Crippen molar-refractivity contribution in [2.75, 3.05) is 13.2 Å². The molecular formula is C15H10O3S3. The van der Waals surface area contributed by atoms with E-state index in [0.717, 1.165) is 37.3 Å². The minimum Gasteiger partial charge on any atom is -0.485 e. The van der Waals surface area contributed by atoms with Gasteiger partial charge in [0.25, 0.3) is 0 Å². The van der Waals surface area contributed by atoms with Crippen molar-refractivity contribution in [1.29, 1.82) is 0 Å². The van der Waals surface area contributed by atoms with E-state index in [1.165, 1.54) is 16.2 Å². The number of ether oxygens (including phenoxy) is 2. The molecule has 0 aliphatic carbocycles. The Hall–Kier alpha value is -1.63. The average Bonchev–Trinajstić information content (AvgIpc) is 3.25. The van der Waals surface area contributed by atoms with Crippen LogP contribution < -0.4 is 9.47 Å². The van der Waals surface area contributed by atoms with Crippen molar-refractivity contribution < 1.29 is 14.3 Å². The van der Waals surface area contributed by atoms with Gasteiger partial charge in [0.05, 0.1) is 14.6 Å². The van der Waals surface area contributed by atoms with Crippen LogP contribution in [0.15, 0.2) is 29.6 Å². The van der Waals surface area contributed by atoms with Crippen LogP contribution in [0.4, 0.5) is 0 Å². The van der Waals surface area contributed by atoms with Crippen LogP contribution in [0, 0.1) is 0 Å². The van der Waals surface area contributed by atoms with Crippen molar-refractivity contribution in [2.45, 2.75) is 0 Å². The average molecular weight is 334 g/mol. The maximum absolute atomic E-state index is 10.9.